The quantitative estimate of drug-likeness (QED) is 0.810. The smallest absolute Gasteiger partial charge is 0.276 e. The Hall–Kier alpha value is -2.61. The largest absolute Gasteiger partial charge is 0.307 e. The number of carbonyl (C=O) groups excluding carboxylic acids is 1. The minimum atomic E-state index is -0.0994. The van der Waals surface area contributed by atoms with E-state index in [0.717, 1.165) is 29.8 Å². The Bertz CT molecular complexity index is 836. The molecule has 1 aromatic heterocycles. The molecular formula is C19H22N4O. The van der Waals surface area contributed by atoms with Crippen LogP contribution in [0.5, 0.6) is 0 Å². The van der Waals surface area contributed by atoms with Gasteiger partial charge in [-0.15, -0.1) is 0 Å². The fraction of sp³-hybridized carbons (Fsp3) is 0.421. The molecule has 0 N–H and O–H groups in total. The average molecular weight is 322 g/mol. The SMILES string of the molecule is Cn1nc(C(C)(C)C)cc1C(=O)N1CCCc2cc(C#N)ccc21. The lowest BCUT2D eigenvalue weighted by Gasteiger charge is -2.29. The lowest BCUT2D eigenvalue weighted by atomic mass is 9.92. The minimum absolute atomic E-state index is 0.0360. The molecule has 0 saturated heterocycles. The molecule has 2 heterocycles. The predicted molar refractivity (Wildman–Crippen MR) is 93.1 cm³/mol. The van der Waals surface area contributed by atoms with Crippen LogP contribution < -0.4 is 4.90 Å². The highest BCUT2D eigenvalue weighted by atomic mass is 16.2. The number of aryl methyl sites for hydroxylation is 2. The van der Waals surface area contributed by atoms with Crippen LogP contribution in [0, 0.1) is 11.3 Å². The van der Waals surface area contributed by atoms with E-state index in [1.165, 1.54) is 0 Å². The third-order valence-electron chi connectivity index (χ3n) is 4.44. The van der Waals surface area contributed by atoms with Gasteiger partial charge >= 0.3 is 0 Å². The van der Waals surface area contributed by atoms with E-state index in [1.807, 2.05) is 30.1 Å². The van der Waals surface area contributed by atoms with Crippen molar-refractivity contribution in [3.63, 3.8) is 0 Å². The van der Waals surface area contributed by atoms with Crippen molar-refractivity contribution in [1.82, 2.24) is 9.78 Å². The van der Waals surface area contributed by atoms with E-state index in [9.17, 15) is 4.79 Å². The maximum Gasteiger partial charge on any atom is 0.276 e. The van der Waals surface area contributed by atoms with Crippen molar-refractivity contribution in [2.75, 3.05) is 11.4 Å². The number of fused-ring (bicyclic) bond motifs is 1. The Labute approximate surface area is 142 Å². The van der Waals surface area contributed by atoms with Crippen LogP contribution in [-0.4, -0.2) is 22.2 Å². The minimum Gasteiger partial charge on any atom is -0.307 e. The average Bonchev–Trinajstić information content (AvgIpc) is 2.95. The summed E-state index contributed by atoms with van der Waals surface area (Å²) in [4.78, 5) is 14.9. The van der Waals surface area contributed by atoms with E-state index in [4.69, 9.17) is 5.26 Å². The zero-order valence-electron chi connectivity index (χ0n) is 14.6. The summed E-state index contributed by atoms with van der Waals surface area (Å²) >= 11 is 0. The monoisotopic (exact) mass is 322 g/mol. The van der Waals surface area contributed by atoms with Gasteiger partial charge in [0.2, 0.25) is 0 Å². The zero-order chi connectivity index (χ0) is 17.5. The molecule has 0 unspecified atom stereocenters. The van der Waals surface area contributed by atoms with Crippen molar-refractivity contribution >= 4 is 11.6 Å². The van der Waals surface area contributed by atoms with Crippen molar-refractivity contribution in [2.24, 2.45) is 7.05 Å². The van der Waals surface area contributed by atoms with E-state index < -0.39 is 0 Å². The van der Waals surface area contributed by atoms with E-state index in [1.54, 1.807) is 10.7 Å². The highest BCUT2D eigenvalue weighted by Crippen LogP contribution is 2.30. The molecule has 0 bridgehead atoms. The molecular weight excluding hydrogens is 300 g/mol. The van der Waals surface area contributed by atoms with Crippen molar-refractivity contribution in [3.05, 3.63) is 46.8 Å². The van der Waals surface area contributed by atoms with Gasteiger partial charge in [-0.2, -0.15) is 10.4 Å². The Balaban J connectivity index is 1.98. The van der Waals surface area contributed by atoms with Crippen molar-refractivity contribution in [3.8, 4) is 6.07 Å². The highest BCUT2D eigenvalue weighted by Gasteiger charge is 2.28. The first-order valence-corrected chi connectivity index (χ1v) is 8.20. The summed E-state index contributed by atoms with van der Waals surface area (Å²) in [6.07, 6.45) is 1.80. The third kappa shape index (κ3) is 2.80. The molecule has 3 rings (SSSR count). The molecule has 1 aliphatic rings. The second-order valence-corrected chi connectivity index (χ2v) is 7.30. The van der Waals surface area contributed by atoms with Crippen LogP contribution in [0.3, 0.4) is 0 Å². The molecule has 5 heteroatoms. The van der Waals surface area contributed by atoms with Gasteiger partial charge in [-0.25, -0.2) is 0 Å². The van der Waals surface area contributed by atoms with Crippen LogP contribution in [0.4, 0.5) is 5.69 Å². The molecule has 0 radical (unpaired) electrons. The first kappa shape index (κ1) is 16.3. The van der Waals surface area contributed by atoms with Gasteiger partial charge in [0.05, 0.1) is 17.3 Å². The number of nitriles is 1. The molecule has 0 saturated carbocycles. The third-order valence-corrected chi connectivity index (χ3v) is 4.44. The topological polar surface area (TPSA) is 61.9 Å². The van der Waals surface area contributed by atoms with E-state index in [2.05, 4.69) is 31.9 Å². The number of rotatable bonds is 1. The van der Waals surface area contributed by atoms with Gasteiger partial charge in [-0.1, -0.05) is 20.8 Å². The Morgan fingerprint density at radius 2 is 2.04 bits per heavy atom. The van der Waals surface area contributed by atoms with E-state index in [-0.39, 0.29) is 11.3 Å². The van der Waals surface area contributed by atoms with Gasteiger partial charge in [0.15, 0.2) is 0 Å². The van der Waals surface area contributed by atoms with Gasteiger partial charge in [0.25, 0.3) is 5.91 Å². The second-order valence-electron chi connectivity index (χ2n) is 7.30. The van der Waals surface area contributed by atoms with Crippen LogP contribution in [-0.2, 0) is 18.9 Å². The van der Waals surface area contributed by atoms with Gasteiger partial charge in [-0.3, -0.25) is 9.48 Å². The molecule has 0 fully saturated rings. The highest BCUT2D eigenvalue weighted by molar-refractivity contribution is 6.05. The van der Waals surface area contributed by atoms with Crippen LogP contribution in [0.1, 0.15) is 54.5 Å². The fourth-order valence-electron chi connectivity index (χ4n) is 3.05. The standard InChI is InChI=1S/C19H22N4O/c1-19(2,3)17-11-16(22(4)21-17)18(24)23-9-5-6-14-10-13(12-20)7-8-15(14)23/h7-8,10-11H,5-6,9H2,1-4H3. The first-order valence-electron chi connectivity index (χ1n) is 8.20. The maximum absolute atomic E-state index is 13.1. The number of benzene rings is 1. The first-order chi connectivity index (χ1) is 11.3. The normalized spacial score (nSPS) is 14.2. The van der Waals surface area contributed by atoms with Crippen LogP contribution >= 0.6 is 0 Å². The molecule has 0 aliphatic carbocycles. The molecule has 1 aromatic carbocycles. The summed E-state index contributed by atoms with van der Waals surface area (Å²) < 4.78 is 1.67. The maximum atomic E-state index is 13.1. The van der Waals surface area contributed by atoms with Gasteiger partial charge < -0.3 is 4.90 Å². The molecule has 0 atom stereocenters. The molecule has 2 aromatic rings. The van der Waals surface area contributed by atoms with Crippen LogP contribution in [0.2, 0.25) is 0 Å². The summed E-state index contributed by atoms with van der Waals surface area (Å²) in [5.41, 5.74) is 4.01. The molecule has 24 heavy (non-hydrogen) atoms. The molecule has 1 amide bonds. The van der Waals surface area contributed by atoms with Crippen molar-refractivity contribution in [1.29, 1.82) is 5.26 Å². The molecule has 5 nitrogen and oxygen atoms in total. The molecule has 1 aliphatic heterocycles. The summed E-state index contributed by atoms with van der Waals surface area (Å²) in [7, 11) is 1.81. The van der Waals surface area contributed by atoms with Crippen LogP contribution in [0.15, 0.2) is 24.3 Å². The number of aromatic nitrogens is 2. The number of anilines is 1. The summed E-state index contributed by atoms with van der Waals surface area (Å²) in [5.74, 6) is -0.0360. The Morgan fingerprint density at radius 1 is 1.29 bits per heavy atom. The van der Waals surface area contributed by atoms with Crippen molar-refractivity contribution < 1.29 is 4.79 Å². The summed E-state index contributed by atoms with van der Waals surface area (Å²) in [6, 6.07) is 9.59. The summed E-state index contributed by atoms with van der Waals surface area (Å²) in [6.45, 7) is 6.95. The lowest BCUT2D eigenvalue weighted by Crippen LogP contribution is -2.36. The number of nitrogens with zero attached hydrogens (tertiary/aromatic N) is 4. The Morgan fingerprint density at radius 3 is 2.67 bits per heavy atom. The van der Waals surface area contributed by atoms with Crippen LogP contribution in [0.25, 0.3) is 0 Å². The van der Waals surface area contributed by atoms with E-state index >= 15 is 0 Å². The van der Waals surface area contributed by atoms with Gasteiger partial charge in [0.1, 0.15) is 5.69 Å². The number of hydrogen-bond acceptors (Lipinski definition) is 3. The van der Waals surface area contributed by atoms with Gasteiger partial charge in [0, 0.05) is 24.7 Å². The Kier molecular flexibility index (Phi) is 3.92. The number of hydrogen-bond donors (Lipinski definition) is 0. The van der Waals surface area contributed by atoms with E-state index in [0.29, 0.717) is 17.8 Å². The van der Waals surface area contributed by atoms with Crippen molar-refractivity contribution in [2.45, 2.75) is 39.0 Å². The summed E-state index contributed by atoms with van der Waals surface area (Å²) in [5, 5.41) is 13.6. The predicted octanol–water partition coefficient (Wildman–Crippen LogP) is 3.18. The molecule has 124 valence electrons. The number of carbonyl (C=O) groups is 1. The lowest BCUT2D eigenvalue weighted by molar-refractivity contribution is 0.0976. The zero-order valence-corrected chi connectivity index (χ0v) is 14.6. The number of amides is 1. The van der Waals surface area contributed by atoms with Gasteiger partial charge in [-0.05, 0) is 42.7 Å². The molecule has 0 spiro atoms. The second kappa shape index (κ2) is 5.79. The fourth-order valence-corrected chi connectivity index (χ4v) is 3.05.